The molecule has 1 fully saturated rings. The first-order chi connectivity index (χ1) is 8.15. The van der Waals surface area contributed by atoms with Crippen molar-refractivity contribution in [1.29, 1.82) is 0 Å². The first-order valence-corrected chi connectivity index (χ1v) is 6.79. The molecule has 0 saturated heterocycles. The van der Waals surface area contributed by atoms with Gasteiger partial charge in [-0.1, -0.05) is 25.5 Å². The minimum Gasteiger partial charge on any atom is -0.330 e. The molecule has 1 aliphatic carbocycles. The van der Waals surface area contributed by atoms with Crippen molar-refractivity contribution in [3.8, 4) is 0 Å². The van der Waals surface area contributed by atoms with Crippen molar-refractivity contribution in [3.05, 3.63) is 11.4 Å². The van der Waals surface area contributed by atoms with Gasteiger partial charge in [0.05, 0.1) is 17.4 Å². The molecule has 1 aliphatic rings. The standard InChI is InChI=1S/C13H24N4/c1-9(2)13-12(7-8-14)15-16-17(13)10(3)11-5-4-6-11/h9-11H,4-8,14H2,1-3H3. The fraction of sp³-hybridized carbons (Fsp3) is 0.846. The van der Waals surface area contributed by atoms with E-state index >= 15 is 0 Å². The van der Waals surface area contributed by atoms with Crippen LogP contribution in [0.4, 0.5) is 0 Å². The summed E-state index contributed by atoms with van der Waals surface area (Å²) in [5.74, 6) is 1.26. The summed E-state index contributed by atoms with van der Waals surface area (Å²) < 4.78 is 2.15. The third-order valence-electron chi connectivity index (χ3n) is 3.95. The molecule has 0 aliphatic heterocycles. The lowest BCUT2D eigenvalue weighted by Gasteiger charge is -2.32. The Morgan fingerprint density at radius 1 is 1.35 bits per heavy atom. The third-order valence-corrected chi connectivity index (χ3v) is 3.95. The molecule has 1 aromatic heterocycles. The SMILES string of the molecule is CC(C)c1c(CCN)nnn1C(C)C1CCC1. The molecule has 0 amide bonds. The predicted molar refractivity (Wildman–Crippen MR) is 68.9 cm³/mol. The number of nitrogens with two attached hydrogens (primary N) is 1. The zero-order chi connectivity index (χ0) is 12.4. The first kappa shape index (κ1) is 12.6. The molecule has 2 rings (SSSR count). The molecule has 1 unspecified atom stereocenters. The van der Waals surface area contributed by atoms with Gasteiger partial charge < -0.3 is 5.73 Å². The second-order valence-corrected chi connectivity index (χ2v) is 5.49. The minimum atomic E-state index is 0.467. The Balaban J connectivity index is 2.25. The van der Waals surface area contributed by atoms with Crippen LogP contribution >= 0.6 is 0 Å². The van der Waals surface area contributed by atoms with E-state index in [0.717, 1.165) is 18.0 Å². The number of hydrogen-bond acceptors (Lipinski definition) is 3. The molecule has 0 radical (unpaired) electrons. The molecule has 1 atom stereocenters. The lowest BCUT2D eigenvalue weighted by Crippen LogP contribution is -2.25. The van der Waals surface area contributed by atoms with Gasteiger partial charge in [0, 0.05) is 6.42 Å². The molecule has 4 heteroatoms. The highest BCUT2D eigenvalue weighted by Crippen LogP contribution is 2.37. The highest BCUT2D eigenvalue weighted by molar-refractivity contribution is 5.15. The van der Waals surface area contributed by atoms with Gasteiger partial charge in [-0.05, 0) is 38.1 Å². The minimum absolute atomic E-state index is 0.467. The van der Waals surface area contributed by atoms with Crippen molar-refractivity contribution in [2.24, 2.45) is 11.7 Å². The second kappa shape index (κ2) is 5.17. The Morgan fingerprint density at radius 3 is 2.53 bits per heavy atom. The average molecular weight is 236 g/mol. The van der Waals surface area contributed by atoms with Gasteiger partial charge in [-0.2, -0.15) is 0 Å². The van der Waals surface area contributed by atoms with Crippen LogP contribution in [0, 0.1) is 5.92 Å². The van der Waals surface area contributed by atoms with Crippen LogP contribution < -0.4 is 5.73 Å². The van der Waals surface area contributed by atoms with Crippen molar-refractivity contribution in [2.45, 2.75) is 58.4 Å². The van der Waals surface area contributed by atoms with Gasteiger partial charge in [-0.15, -0.1) is 5.10 Å². The van der Waals surface area contributed by atoms with Gasteiger partial charge in [-0.3, -0.25) is 0 Å². The van der Waals surface area contributed by atoms with Crippen LogP contribution in [0.15, 0.2) is 0 Å². The number of rotatable bonds is 5. The zero-order valence-corrected chi connectivity index (χ0v) is 11.2. The molecule has 0 spiro atoms. The lowest BCUT2D eigenvalue weighted by molar-refractivity contribution is 0.204. The Kier molecular flexibility index (Phi) is 3.82. The largest absolute Gasteiger partial charge is 0.330 e. The highest BCUT2D eigenvalue weighted by Gasteiger charge is 2.28. The van der Waals surface area contributed by atoms with E-state index in [1.54, 1.807) is 0 Å². The predicted octanol–water partition coefficient (Wildman–Crippen LogP) is 2.26. The van der Waals surface area contributed by atoms with Gasteiger partial charge in [0.15, 0.2) is 0 Å². The van der Waals surface area contributed by atoms with E-state index in [0.29, 0.717) is 18.5 Å². The molecule has 96 valence electrons. The maximum Gasteiger partial charge on any atom is 0.0874 e. The lowest BCUT2D eigenvalue weighted by atomic mass is 9.80. The summed E-state index contributed by atoms with van der Waals surface area (Å²) in [6.07, 6.45) is 4.89. The second-order valence-electron chi connectivity index (χ2n) is 5.49. The van der Waals surface area contributed by atoms with Crippen LogP contribution in [0.1, 0.15) is 63.4 Å². The van der Waals surface area contributed by atoms with Crippen LogP contribution in [-0.4, -0.2) is 21.5 Å². The molecule has 0 aromatic carbocycles. The fourth-order valence-corrected chi connectivity index (χ4v) is 2.67. The molecule has 1 saturated carbocycles. The topological polar surface area (TPSA) is 56.7 Å². The van der Waals surface area contributed by atoms with Crippen molar-refractivity contribution < 1.29 is 0 Å². The molecular formula is C13H24N4. The number of nitrogens with zero attached hydrogens (tertiary/aromatic N) is 3. The molecule has 4 nitrogen and oxygen atoms in total. The van der Waals surface area contributed by atoms with E-state index in [1.807, 2.05) is 0 Å². The molecule has 1 heterocycles. The van der Waals surface area contributed by atoms with Gasteiger partial charge in [-0.25, -0.2) is 4.68 Å². The molecule has 0 bridgehead atoms. The van der Waals surface area contributed by atoms with Crippen LogP contribution in [0.3, 0.4) is 0 Å². The quantitative estimate of drug-likeness (QED) is 0.853. The van der Waals surface area contributed by atoms with Gasteiger partial charge in [0.2, 0.25) is 0 Å². The summed E-state index contributed by atoms with van der Waals surface area (Å²) in [6.45, 7) is 7.35. The summed E-state index contributed by atoms with van der Waals surface area (Å²) in [4.78, 5) is 0. The third kappa shape index (κ3) is 2.37. The van der Waals surface area contributed by atoms with Crippen LogP contribution in [0.2, 0.25) is 0 Å². The summed E-state index contributed by atoms with van der Waals surface area (Å²) in [5.41, 5.74) is 8.01. The first-order valence-electron chi connectivity index (χ1n) is 6.79. The monoisotopic (exact) mass is 236 g/mol. The van der Waals surface area contributed by atoms with Crippen LogP contribution in [-0.2, 0) is 6.42 Å². The van der Waals surface area contributed by atoms with Crippen molar-refractivity contribution in [1.82, 2.24) is 15.0 Å². The Bertz CT molecular complexity index is 365. The Morgan fingerprint density at radius 2 is 2.06 bits per heavy atom. The number of aromatic nitrogens is 3. The van der Waals surface area contributed by atoms with E-state index in [2.05, 4.69) is 35.8 Å². The van der Waals surface area contributed by atoms with Crippen molar-refractivity contribution >= 4 is 0 Å². The van der Waals surface area contributed by atoms with Crippen molar-refractivity contribution in [2.75, 3.05) is 6.54 Å². The smallest absolute Gasteiger partial charge is 0.0874 e. The molecule has 1 aromatic rings. The number of hydrogen-bond donors (Lipinski definition) is 1. The summed E-state index contributed by atoms with van der Waals surface area (Å²) >= 11 is 0. The summed E-state index contributed by atoms with van der Waals surface area (Å²) in [7, 11) is 0. The van der Waals surface area contributed by atoms with E-state index in [4.69, 9.17) is 5.73 Å². The summed E-state index contributed by atoms with van der Waals surface area (Å²) in [6, 6.07) is 0.486. The van der Waals surface area contributed by atoms with E-state index in [1.165, 1.54) is 25.0 Å². The van der Waals surface area contributed by atoms with Gasteiger partial charge in [0.25, 0.3) is 0 Å². The maximum atomic E-state index is 5.64. The van der Waals surface area contributed by atoms with Gasteiger partial charge in [0.1, 0.15) is 0 Å². The molecule has 2 N–H and O–H groups in total. The molecule has 17 heavy (non-hydrogen) atoms. The highest BCUT2D eigenvalue weighted by atomic mass is 15.4. The normalized spacial score (nSPS) is 18.4. The zero-order valence-electron chi connectivity index (χ0n) is 11.2. The van der Waals surface area contributed by atoms with E-state index in [9.17, 15) is 0 Å². The van der Waals surface area contributed by atoms with E-state index < -0.39 is 0 Å². The Labute approximate surface area is 104 Å². The van der Waals surface area contributed by atoms with E-state index in [-0.39, 0.29) is 0 Å². The van der Waals surface area contributed by atoms with Gasteiger partial charge >= 0.3 is 0 Å². The average Bonchev–Trinajstić information content (AvgIpc) is 2.59. The maximum absolute atomic E-state index is 5.64. The van der Waals surface area contributed by atoms with Crippen LogP contribution in [0.5, 0.6) is 0 Å². The fourth-order valence-electron chi connectivity index (χ4n) is 2.67. The summed E-state index contributed by atoms with van der Waals surface area (Å²) in [5, 5.41) is 8.69. The molecular weight excluding hydrogens is 212 g/mol. The Hall–Kier alpha value is -0.900. The van der Waals surface area contributed by atoms with Crippen LogP contribution in [0.25, 0.3) is 0 Å². The van der Waals surface area contributed by atoms with Crippen molar-refractivity contribution in [3.63, 3.8) is 0 Å².